The third-order valence-corrected chi connectivity index (χ3v) is 2.36. The quantitative estimate of drug-likeness (QED) is 0.820. The van der Waals surface area contributed by atoms with Crippen LogP contribution >= 0.6 is 0 Å². The molecule has 0 spiro atoms. The van der Waals surface area contributed by atoms with E-state index in [-0.39, 0.29) is 12.2 Å². The molecule has 1 aromatic carbocycles. The van der Waals surface area contributed by atoms with Crippen molar-refractivity contribution in [3.8, 4) is 5.75 Å². The SMILES string of the molecule is CCONC(=O)N[C@H](c1ccc(OC)cc1)C(F)(F)F. The van der Waals surface area contributed by atoms with Gasteiger partial charge in [0.05, 0.1) is 13.7 Å². The summed E-state index contributed by atoms with van der Waals surface area (Å²) in [6.45, 7) is 1.73. The van der Waals surface area contributed by atoms with Crippen LogP contribution in [0.5, 0.6) is 5.75 Å². The molecule has 112 valence electrons. The Labute approximate surface area is 114 Å². The van der Waals surface area contributed by atoms with Crippen molar-refractivity contribution in [3.63, 3.8) is 0 Å². The van der Waals surface area contributed by atoms with Gasteiger partial charge in [0.1, 0.15) is 5.75 Å². The molecule has 2 N–H and O–H groups in total. The maximum absolute atomic E-state index is 13.0. The van der Waals surface area contributed by atoms with Crippen molar-refractivity contribution >= 4 is 6.03 Å². The highest BCUT2D eigenvalue weighted by molar-refractivity contribution is 5.73. The lowest BCUT2D eigenvalue weighted by molar-refractivity contribution is -0.155. The fourth-order valence-corrected chi connectivity index (χ4v) is 1.45. The summed E-state index contributed by atoms with van der Waals surface area (Å²) in [4.78, 5) is 15.8. The van der Waals surface area contributed by atoms with Gasteiger partial charge in [0.2, 0.25) is 0 Å². The number of benzene rings is 1. The van der Waals surface area contributed by atoms with Crippen LogP contribution in [-0.4, -0.2) is 25.9 Å². The average Bonchev–Trinajstić information content (AvgIpc) is 2.41. The van der Waals surface area contributed by atoms with Gasteiger partial charge in [-0.2, -0.15) is 13.2 Å². The number of ether oxygens (including phenoxy) is 1. The van der Waals surface area contributed by atoms with Gasteiger partial charge in [-0.05, 0) is 24.6 Å². The van der Waals surface area contributed by atoms with Crippen LogP contribution in [0.2, 0.25) is 0 Å². The fraction of sp³-hybridized carbons (Fsp3) is 0.417. The first-order valence-electron chi connectivity index (χ1n) is 5.77. The van der Waals surface area contributed by atoms with Crippen molar-refractivity contribution < 1.29 is 27.5 Å². The molecule has 1 aromatic rings. The first-order chi connectivity index (χ1) is 9.38. The highest BCUT2D eigenvalue weighted by Crippen LogP contribution is 2.33. The van der Waals surface area contributed by atoms with Crippen LogP contribution in [-0.2, 0) is 4.84 Å². The van der Waals surface area contributed by atoms with E-state index in [1.54, 1.807) is 12.2 Å². The minimum absolute atomic E-state index is 0.107. The molecule has 1 atom stereocenters. The molecule has 0 aliphatic carbocycles. The van der Waals surface area contributed by atoms with Crippen LogP contribution in [0.1, 0.15) is 18.5 Å². The second-order valence-electron chi connectivity index (χ2n) is 3.76. The predicted molar refractivity (Wildman–Crippen MR) is 65.1 cm³/mol. The van der Waals surface area contributed by atoms with Gasteiger partial charge in [-0.3, -0.25) is 4.84 Å². The number of carbonyl (C=O) groups excluding carboxylic acids is 1. The average molecular weight is 292 g/mol. The molecule has 1 rings (SSSR count). The Balaban J connectivity index is 2.86. The first kappa shape index (κ1) is 16.1. The Kier molecular flexibility index (Phi) is 5.63. The zero-order valence-corrected chi connectivity index (χ0v) is 11.0. The number of nitrogens with one attached hydrogen (secondary N) is 2. The van der Waals surface area contributed by atoms with Gasteiger partial charge in [0.25, 0.3) is 0 Å². The van der Waals surface area contributed by atoms with Crippen LogP contribution in [0.25, 0.3) is 0 Å². The molecule has 2 amide bonds. The van der Waals surface area contributed by atoms with Gasteiger partial charge >= 0.3 is 12.2 Å². The second-order valence-corrected chi connectivity index (χ2v) is 3.76. The number of rotatable bonds is 5. The molecule has 0 bridgehead atoms. The van der Waals surface area contributed by atoms with E-state index < -0.39 is 18.2 Å². The van der Waals surface area contributed by atoms with E-state index in [2.05, 4.69) is 4.84 Å². The zero-order chi connectivity index (χ0) is 15.2. The molecule has 0 radical (unpaired) electrons. The van der Waals surface area contributed by atoms with Crippen molar-refractivity contribution in [1.29, 1.82) is 0 Å². The highest BCUT2D eigenvalue weighted by Gasteiger charge is 2.42. The summed E-state index contributed by atoms with van der Waals surface area (Å²) in [5.41, 5.74) is 1.75. The number of carbonyl (C=O) groups is 1. The third kappa shape index (κ3) is 4.61. The van der Waals surface area contributed by atoms with Gasteiger partial charge in [-0.15, -0.1) is 0 Å². The smallest absolute Gasteiger partial charge is 0.412 e. The molecule has 8 heteroatoms. The lowest BCUT2D eigenvalue weighted by Gasteiger charge is -2.22. The number of hydrogen-bond acceptors (Lipinski definition) is 3. The van der Waals surface area contributed by atoms with Crippen LogP contribution in [0, 0.1) is 0 Å². The number of methoxy groups -OCH3 is 1. The van der Waals surface area contributed by atoms with Crippen molar-refractivity contribution in [2.45, 2.75) is 19.1 Å². The molecule has 0 aromatic heterocycles. The Bertz CT molecular complexity index is 435. The largest absolute Gasteiger partial charge is 0.497 e. The maximum atomic E-state index is 13.0. The summed E-state index contributed by atoms with van der Waals surface area (Å²) in [6, 6.07) is 2.04. The summed E-state index contributed by atoms with van der Waals surface area (Å²) in [5.74, 6) is 0.424. The van der Waals surface area contributed by atoms with E-state index in [9.17, 15) is 18.0 Å². The molecule has 0 heterocycles. The van der Waals surface area contributed by atoms with Crippen molar-refractivity contribution in [2.75, 3.05) is 13.7 Å². The fourth-order valence-electron chi connectivity index (χ4n) is 1.45. The molecule has 0 saturated carbocycles. The standard InChI is InChI=1S/C12H15F3N2O3/c1-3-20-17-11(18)16-10(12(13,14)15)8-4-6-9(19-2)7-5-8/h4-7,10H,3H2,1-2H3,(H2,16,17,18)/t10-/m1/s1. The molecule has 20 heavy (non-hydrogen) atoms. The van der Waals surface area contributed by atoms with Gasteiger partial charge in [-0.1, -0.05) is 12.1 Å². The number of hydroxylamine groups is 1. The maximum Gasteiger partial charge on any atom is 0.412 e. The van der Waals surface area contributed by atoms with Crippen molar-refractivity contribution in [3.05, 3.63) is 29.8 Å². The number of amides is 2. The number of hydrogen-bond donors (Lipinski definition) is 2. The molecular weight excluding hydrogens is 277 g/mol. The van der Waals surface area contributed by atoms with Gasteiger partial charge in [-0.25, -0.2) is 10.3 Å². The predicted octanol–water partition coefficient (Wildman–Crippen LogP) is 2.55. The van der Waals surface area contributed by atoms with Crippen LogP contribution in [0.4, 0.5) is 18.0 Å². The summed E-state index contributed by atoms with van der Waals surface area (Å²) < 4.78 is 43.7. The molecular formula is C12H15F3N2O3. The lowest BCUT2D eigenvalue weighted by Crippen LogP contribution is -2.43. The third-order valence-electron chi connectivity index (χ3n) is 2.36. The van der Waals surface area contributed by atoms with E-state index in [0.717, 1.165) is 0 Å². The summed E-state index contributed by atoms with van der Waals surface area (Å²) >= 11 is 0. The Morgan fingerprint density at radius 1 is 1.30 bits per heavy atom. The molecule has 0 aliphatic heterocycles. The van der Waals surface area contributed by atoms with Crippen molar-refractivity contribution in [2.24, 2.45) is 0 Å². The minimum atomic E-state index is -4.63. The summed E-state index contributed by atoms with van der Waals surface area (Å²) in [6.07, 6.45) is -4.63. The second kappa shape index (κ2) is 6.99. The van der Waals surface area contributed by atoms with Gasteiger partial charge < -0.3 is 10.1 Å². The van der Waals surface area contributed by atoms with E-state index in [1.165, 1.54) is 31.4 Å². The Hall–Kier alpha value is -1.96. The Morgan fingerprint density at radius 3 is 2.35 bits per heavy atom. The number of alkyl halides is 3. The van der Waals surface area contributed by atoms with E-state index >= 15 is 0 Å². The first-order valence-corrected chi connectivity index (χ1v) is 5.77. The normalized spacial score (nSPS) is 12.7. The van der Waals surface area contributed by atoms with Crippen LogP contribution < -0.4 is 15.5 Å². The van der Waals surface area contributed by atoms with Crippen molar-refractivity contribution in [1.82, 2.24) is 10.8 Å². The van der Waals surface area contributed by atoms with E-state index in [0.29, 0.717) is 5.75 Å². The highest BCUT2D eigenvalue weighted by atomic mass is 19.4. The van der Waals surface area contributed by atoms with Crippen LogP contribution in [0.15, 0.2) is 24.3 Å². The summed E-state index contributed by atoms with van der Waals surface area (Å²) in [5, 5.41) is 1.80. The van der Waals surface area contributed by atoms with Crippen LogP contribution in [0.3, 0.4) is 0 Å². The number of halogens is 3. The van der Waals surface area contributed by atoms with E-state index in [1.807, 2.05) is 5.48 Å². The van der Waals surface area contributed by atoms with Gasteiger partial charge in [0.15, 0.2) is 6.04 Å². The minimum Gasteiger partial charge on any atom is -0.497 e. The van der Waals surface area contributed by atoms with Gasteiger partial charge in [0, 0.05) is 0 Å². The lowest BCUT2D eigenvalue weighted by atomic mass is 10.1. The Morgan fingerprint density at radius 2 is 1.90 bits per heavy atom. The molecule has 0 aliphatic rings. The topological polar surface area (TPSA) is 59.6 Å². The molecule has 5 nitrogen and oxygen atoms in total. The molecule has 0 fully saturated rings. The monoisotopic (exact) mass is 292 g/mol. The molecule has 0 unspecified atom stereocenters. The zero-order valence-electron chi connectivity index (χ0n) is 11.0. The van der Waals surface area contributed by atoms with E-state index in [4.69, 9.17) is 4.74 Å². The molecule has 0 saturated heterocycles. The summed E-state index contributed by atoms with van der Waals surface area (Å²) in [7, 11) is 1.41. The number of urea groups is 1.